The standard InChI is InChI=1S/C14H21NO2.ClH/c1-15(2)11-6-12-17-14(16)10-9-13-7-4-3-5-8-13;/h3-5,7-8H,6,9-12H2,1-2H3;1H. The van der Waals surface area contributed by atoms with Crippen molar-refractivity contribution in [3.8, 4) is 0 Å². The highest BCUT2D eigenvalue weighted by Crippen LogP contribution is 2.03. The van der Waals surface area contributed by atoms with E-state index < -0.39 is 0 Å². The van der Waals surface area contributed by atoms with Crippen LogP contribution in [0, 0.1) is 0 Å². The number of ether oxygens (including phenoxy) is 1. The van der Waals surface area contributed by atoms with Crippen LogP contribution in [0.4, 0.5) is 0 Å². The van der Waals surface area contributed by atoms with Gasteiger partial charge in [-0.05, 0) is 32.5 Å². The van der Waals surface area contributed by atoms with Crippen LogP contribution in [0.1, 0.15) is 18.4 Å². The first kappa shape index (κ1) is 16.9. The normalized spacial score (nSPS) is 9.94. The molecule has 102 valence electrons. The molecule has 0 radical (unpaired) electrons. The molecule has 0 fully saturated rings. The highest BCUT2D eigenvalue weighted by atomic mass is 35.5. The van der Waals surface area contributed by atoms with Crippen molar-refractivity contribution < 1.29 is 9.53 Å². The fraction of sp³-hybridized carbons (Fsp3) is 0.500. The van der Waals surface area contributed by atoms with Crippen molar-refractivity contribution in [2.24, 2.45) is 0 Å². The molecule has 0 bridgehead atoms. The summed E-state index contributed by atoms with van der Waals surface area (Å²) in [4.78, 5) is 13.5. The zero-order chi connectivity index (χ0) is 12.5. The van der Waals surface area contributed by atoms with Crippen LogP contribution < -0.4 is 0 Å². The van der Waals surface area contributed by atoms with Crippen molar-refractivity contribution in [3.63, 3.8) is 0 Å². The first-order valence-electron chi connectivity index (χ1n) is 6.03. The molecule has 0 aromatic heterocycles. The Bertz CT molecular complexity index is 328. The molecule has 1 rings (SSSR count). The predicted octanol–water partition coefficient (Wildman–Crippen LogP) is 2.54. The number of halogens is 1. The first-order chi connectivity index (χ1) is 8.18. The zero-order valence-electron chi connectivity index (χ0n) is 11.1. The van der Waals surface area contributed by atoms with Gasteiger partial charge in [0.05, 0.1) is 6.61 Å². The fourth-order valence-electron chi connectivity index (χ4n) is 1.53. The average Bonchev–Trinajstić information content (AvgIpc) is 2.33. The summed E-state index contributed by atoms with van der Waals surface area (Å²) in [5, 5.41) is 0. The number of nitrogens with zero attached hydrogens (tertiary/aromatic N) is 1. The van der Waals surface area contributed by atoms with Gasteiger partial charge in [-0.3, -0.25) is 4.79 Å². The van der Waals surface area contributed by atoms with Gasteiger partial charge in [-0.25, -0.2) is 0 Å². The topological polar surface area (TPSA) is 29.5 Å². The van der Waals surface area contributed by atoms with Crippen LogP contribution in [0.25, 0.3) is 0 Å². The smallest absolute Gasteiger partial charge is 0.306 e. The summed E-state index contributed by atoms with van der Waals surface area (Å²) >= 11 is 0. The van der Waals surface area contributed by atoms with Crippen LogP contribution in [0.2, 0.25) is 0 Å². The maximum absolute atomic E-state index is 11.4. The molecule has 3 nitrogen and oxygen atoms in total. The quantitative estimate of drug-likeness (QED) is 0.564. The number of hydrogen-bond acceptors (Lipinski definition) is 3. The van der Waals surface area contributed by atoms with Crippen molar-refractivity contribution in [2.75, 3.05) is 27.2 Å². The number of carbonyl (C=O) groups excluding carboxylic acids is 1. The van der Waals surface area contributed by atoms with Gasteiger partial charge in [0.1, 0.15) is 0 Å². The molecule has 0 unspecified atom stereocenters. The van der Waals surface area contributed by atoms with E-state index in [9.17, 15) is 4.79 Å². The lowest BCUT2D eigenvalue weighted by Crippen LogP contribution is -2.16. The molecule has 0 N–H and O–H groups in total. The third kappa shape index (κ3) is 8.09. The van der Waals surface area contributed by atoms with E-state index in [4.69, 9.17) is 4.74 Å². The number of aryl methyl sites for hydroxylation is 1. The minimum absolute atomic E-state index is 0. The van der Waals surface area contributed by atoms with E-state index in [1.165, 1.54) is 5.56 Å². The fourth-order valence-corrected chi connectivity index (χ4v) is 1.53. The summed E-state index contributed by atoms with van der Waals surface area (Å²) in [6, 6.07) is 10.00. The van der Waals surface area contributed by atoms with E-state index in [1.807, 2.05) is 44.4 Å². The molecule has 0 saturated heterocycles. The van der Waals surface area contributed by atoms with Crippen LogP contribution in [-0.2, 0) is 16.0 Å². The highest BCUT2D eigenvalue weighted by Gasteiger charge is 2.03. The van der Waals surface area contributed by atoms with E-state index in [0.29, 0.717) is 13.0 Å². The van der Waals surface area contributed by atoms with Gasteiger partial charge in [0.15, 0.2) is 0 Å². The molecule has 0 spiro atoms. The molecule has 0 heterocycles. The number of rotatable bonds is 7. The molecular formula is C14H22ClNO2. The number of hydrogen-bond donors (Lipinski definition) is 0. The summed E-state index contributed by atoms with van der Waals surface area (Å²) in [5.74, 6) is -0.104. The van der Waals surface area contributed by atoms with Gasteiger partial charge < -0.3 is 9.64 Å². The van der Waals surface area contributed by atoms with Crippen LogP contribution >= 0.6 is 12.4 Å². The van der Waals surface area contributed by atoms with Crippen LogP contribution in [0.3, 0.4) is 0 Å². The largest absolute Gasteiger partial charge is 0.466 e. The van der Waals surface area contributed by atoms with E-state index in [1.54, 1.807) is 0 Å². The Labute approximate surface area is 116 Å². The molecule has 1 aromatic rings. The maximum Gasteiger partial charge on any atom is 0.306 e. The molecule has 1 aromatic carbocycles. The monoisotopic (exact) mass is 271 g/mol. The molecule has 0 amide bonds. The van der Waals surface area contributed by atoms with E-state index in [0.717, 1.165) is 19.4 Å². The molecular weight excluding hydrogens is 250 g/mol. The van der Waals surface area contributed by atoms with Crippen molar-refractivity contribution in [1.29, 1.82) is 0 Å². The van der Waals surface area contributed by atoms with E-state index in [2.05, 4.69) is 4.90 Å². The second kappa shape index (κ2) is 9.92. The SMILES string of the molecule is CN(C)CCCOC(=O)CCc1ccccc1.Cl. The summed E-state index contributed by atoms with van der Waals surface area (Å²) in [7, 11) is 4.02. The van der Waals surface area contributed by atoms with E-state index >= 15 is 0 Å². The van der Waals surface area contributed by atoms with Crippen molar-refractivity contribution >= 4 is 18.4 Å². The van der Waals surface area contributed by atoms with Crippen LogP contribution in [0.5, 0.6) is 0 Å². The number of carbonyl (C=O) groups is 1. The van der Waals surface area contributed by atoms with Gasteiger partial charge in [0.25, 0.3) is 0 Å². The Hall–Kier alpha value is -1.06. The Morgan fingerprint density at radius 2 is 1.89 bits per heavy atom. The van der Waals surface area contributed by atoms with Gasteiger partial charge in [-0.1, -0.05) is 30.3 Å². The molecule has 0 aliphatic rings. The summed E-state index contributed by atoms with van der Waals surface area (Å²) in [6.45, 7) is 1.47. The Morgan fingerprint density at radius 1 is 1.22 bits per heavy atom. The van der Waals surface area contributed by atoms with Crippen LogP contribution in [0.15, 0.2) is 30.3 Å². The lowest BCUT2D eigenvalue weighted by atomic mass is 10.1. The third-order valence-corrected chi connectivity index (χ3v) is 2.47. The van der Waals surface area contributed by atoms with Crippen molar-refractivity contribution in [2.45, 2.75) is 19.3 Å². The van der Waals surface area contributed by atoms with Gasteiger partial charge in [0, 0.05) is 13.0 Å². The predicted molar refractivity (Wildman–Crippen MR) is 76.1 cm³/mol. The molecule has 4 heteroatoms. The summed E-state index contributed by atoms with van der Waals surface area (Å²) < 4.78 is 5.15. The Balaban J connectivity index is 0.00000289. The van der Waals surface area contributed by atoms with Gasteiger partial charge in [-0.2, -0.15) is 0 Å². The minimum Gasteiger partial charge on any atom is -0.466 e. The van der Waals surface area contributed by atoms with Gasteiger partial charge >= 0.3 is 5.97 Å². The van der Waals surface area contributed by atoms with Crippen molar-refractivity contribution in [3.05, 3.63) is 35.9 Å². The van der Waals surface area contributed by atoms with Crippen LogP contribution in [-0.4, -0.2) is 38.1 Å². The molecule has 0 aliphatic heterocycles. The average molecular weight is 272 g/mol. The molecule has 18 heavy (non-hydrogen) atoms. The Kier molecular flexibility index (Phi) is 9.33. The second-order valence-corrected chi connectivity index (χ2v) is 4.36. The van der Waals surface area contributed by atoms with E-state index in [-0.39, 0.29) is 18.4 Å². The Morgan fingerprint density at radius 3 is 2.50 bits per heavy atom. The third-order valence-electron chi connectivity index (χ3n) is 2.47. The number of benzene rings is 1. The summed E-state index contributed by atoms with van der Waals surface area (Å²) in [5.41, 5.74) is 1.18. The number of esters is 1. The maximum atomic E-state index is 11.4. The lowest BCUT2D eigenvalue weighted by molar-refractivity contribution is -0.143. The second-order valence-electron chi connectivity index (χ2n) is 4.36. The lowest BCUT2D eigenvalue weighted by Gasteiger charge is -2.09. The van der Waals surface area contributed by atoms with Gasteiger partial charge in [0.2, 0.25) is 0 Å². The molecule has 0 saturated carbocycles. The molecule has 0 aliphatic carbocycles. The summed E-state index contributed by atoms with van der Waals surface area (Å²) in [6.07, 6.45) is 2.11. The minimum atomic E-state index is -0.104. The van der Waals surface area contributed by atoms with Crippen molar-refractivity contribution in [1.82, 2.24) is 4.90 Å². The first-order valence-corrected chi connectivity index (χ1v) is 6.03. The molecule has 0 atom stereocenters. The van der Waals surface area contributed by atoms with Gasteiger partial charge in [-0.15, -0.1) is 12.4 Å². The zero-order valence-corrected chi connectivity index (χ0v) is 11.9. The highest BCUT2D eigenvalue weighted by molar-refractivity contribution is 5.85.